The molecule has 1 amide bonds. The number of amides is 1. The lowest BCUT2D eigenvalue weighted by molar-refractivity contribution is -0.145. The van der Waals surface area contributed by atoms with Crippen LogP contribution in [0.3, 0.4) is 0 Å². The summed E-state index contributed by atoms with van der Waals surface area (Å²) >= 11 is 0. The lowest BCUT2D eigenvalue weighted by Crippen LogP contribution is -2.41. The molecule has 6 heteroatoms. The van der Waals surface area contributed by atoms with Crippen LogP contribution in [-0.2, 0) is 9.53 Å². The van der Waals surface area contributed by atoms with Gasteiger partial charge in [0, 0.05) is 12.7 Å². The number of hydrogen-bond acceptors (Lipinski definition) is 4. The van der Waals surface area contributed by atoms with Crippen LogP contribution in [0.1, 0.15) is 23.2 Å². The SMILES string of the molecule is COC(=O)C1CCCN1C(=O)c1cncc(F)c1. The fraction of sp³-hybridized carbons (Fsp3) is 0.417. The summed E-state index contributed by atoms with van der Waals surface area (Å²) in [5.41, 5.74) is 0.144. The van der Waals surface area contributed by atoms with Gasteiger partial charge in [0.05, 0.1) is 18.9 Å². The minimum atomic E-state index is -0.578. The number of pyridine rings is 1. The van der Waals surface area contributed by atoms with Crippen molar-refractivity contribution in [1.29, 1.82) is 0 Å². The molecular formula is C12H13FN2O3. The molecule has 0 aliphatic carbocycles. The van der Waals surface area contributed by atoms with Crippen LogP contribution in [0.5, 0.6) is 0 Å². The average Bonchev–Trinajstić information content (AvgIpc) is 2.86. The van der Waals surface area contributed by atoms with Gasteiger partial charge in [-0.25, -0.2) is 9.18 Å². The van der Waals surface area contributed by atoms with Gasteiger partial charge in [0.1, 0.15) is 11.9 Å². The van der Waals surface area contributed by atoms with Crippen molar-refractivity contribution in [1.82, 2.24) is 9.88 Å². The third-order valence-corrected chi connectivity index (χ3v) is 2.94. The number of methoxy groups -OCH3 is 1. The average molecular weight is 252 g/mol. The third kappa shape index (κ3) is 2.32. The summed E-state index contributed by atoms with van der Waals surface area (Å²) in [5, 5.41) is 0. The summed E-state index contributed by atoms with van der Waals surface area (Å²) in [6.45, 7) is 0.467. The molecule has 2 rings (SSSR count). The van der Waals surface area contributed by atoms with E-state index in [9.17, 15) is 14.0 Å². The molecule has 1 aromatic heterocycles. The molecule has 96 valence electrons. The normalized spacial score (nSPS) is 18.8. The minimum Gasteiger partial charge on any atom is -0.467 e. The van der Waals surface area contributed by atoms with Crippen molar-refractivity contribution in [3.8, 4) is 0 Å². The number of ether oxygens (including phenoxy) is 1. The van der Waals surface area contributed by atoms with E-state index in [1.54, 1.807) is 0 Å². The van der Waals surface area contributed by atoms with E-state index >= 15 is 0 Å². The molecule has 1 unspecified atom stereocenters. The van der Waals surface area contributed by atoms with Crippen molar-refractivity contribution in [2.24, 2.45) is 0 Å². The Morgan fingerprint density at radius 1 is 1.50 bits per heavy atom. The molecule has 1 fully saturated rings. The molecule has 1 aliphatic rings. The Balaban J connectivity index is 2.20. The van der Waals surface area contributed by atoms with Crippen molar-refractivity contribution < 1.29 is 18.7 Å². The number of carbonyl (C=O) groups excluding carboxylic acids is 2. The van der Waals surface area contributed by atoms with Gasteiger partial charge in [0.25, 0.3) is 5.91 Å². The minimum absolute atomic E-state index is 0.144. The number of halogens is 1. The zero-order chi connectivity index (χ0) is 13.1. The van der Waals surface area contributed by atoms with Gasteiger partial charge in [-0.1, -0.05) is 0 Å². The van der Waals surface area contributed by atoms with E-state index in [0.717, 1.165) is 18.7 Å². The van der Waals surface area contributed by atoms with Crippen molar-refractivity contribution in [2.75, 3.05) is 13.7 Å². The summed E-state index contributed by atoms with van der Waals surface area (Å²) in [5.74, 6) is -1.41. The van der Waals surface area contributed by atoms with Gasteiger partial charge in [-0.05, 0) is 18.9 Å². The summed E-state index contributed by atoms with van der Waals surface area (Å²) in [6.07, 6.45) is 3.62. The van der Waals surface area contributed by atoms with Crippen LogP contribution in [0.25, 0.3) is 0 Å². The molecule has 1 atom stereocenters. The maximum atomic E-state index is 13.0. The van der Waals surface area contributed by atoms with Crippen LogP contribution >= 0.6 is 0 Å². The van der Waals surface area contributed by atoms with Crippen LogP contribution < -0.4 is 0 Å². The fourth-order valence-corrected chi connectivity index (χ4v) is 2.09. The molecular weight excluding hydrogens is 239 g/mol. The molecule has 5 nitrogen and oxygen atoms in total. The van der Waals surface area contributed by atoms with E-state index in [-0.39, 0.29) is 5.56 Å². The second-order valence-corrected chi connectivity index (χ2v) is 4.07. The predicted octanol–water partition coefficient (Wildman–Crippen LogP) is 0.998. The molecule has 0 bridgehead atoms. The Morgan fingerprint density at radius 3 is 2.94 bits per heavy atom. The van der Waals surface area contributed by atoms with Crippen LogP contribution in [0.15, 0.2) is 18.5 Å². The molecule has 0 spiro atoms. The summed E-state index contributed by atoms with van der Waals surface area (Å²) in [6, 6.07) is 0.535. The van der Waals surface area contributed by atoms with Gasteiger partial charge in [0.15, 0.2) is 0 Å². The summed E-state index contributed by atoms with van der Waals surface area (Å²) in [7, 11) is 1.28. The quantitative estimate of drug-likeness (QED) is 0.737. The third-order valence-electron chi connectivity index (χ3n) is 2.94. The van der Waals surface area contributed by atoms with Crippen molar-refractivity contribution in [3.05, 3.63) is 29.8 Å². The highest BCUT2D eigenvalue weighted by Crippen LogP contribution is 2.21. The second kappa shape index (κ2) is 5.12. The van der Waals surface area contributed by atoms with Gasteiger partial charge in [-0.2, -0.15) is 0 Å². The predicted molar refractivity (Wildman–Crippen MR) is 60.3 cm³/mol. The van der Waals surface area contributed by atoms with Crippen LogP contribution in [0, 0.1) is 5.82 Å². The number of esters is 1. The van der Waals surface area contributed by atoms with Gasteiger partial charge in [-0.3, -0.25) is 9.78 Å². The highest BCUT2D eigenvalue weighted by atomic mass is 19.1. The number of nitrogens with zero attached hydrogens (tertiary/aromatic N) is 2. The van der Waals surface area contributed by atoms with E-state index in [0.29, 0.717) is 13.0 Å². The first-order chi connectivity index (χ1) is 8.63. The zero-order valence-electron chi connectivity index (χ0n) is 9.93. The zero-order valence-corrected chi connectivity index (χ0v) is 9.93. The number of rotatable bonds is 2. The van der Waals surface area contributed by atoms with E-state index in [2.05, 4.69) is 9.72 Å². The largest absolute Gasteiger partial charge is 0.467 e. The monoisotopic (exact) mass is 252 g/mol. The lowest BCUT2D eigenvalue weighted by atomic mass is 10.2. The van der Waals surface area contributed by atoms with Gasteiger partial charge in [0.2, 0.25) is 0 Å². The number of likely N-dealkylation sites (tertiary alicyclic amines) is 1. The molecule has 1 aliphatic heterocycles. The first-order valence-corrected chi connectivity index (χ1v) is 5.63. The molecule has 0 saturated carbocycles. The maximum absolute atomic E-state index is 13.0. The Labute approximate surface area is 104 Å². The van der Waals surface area contributed by atoms with Crippen LogP contribution in [-0.4, -0.2) is 41.5 Å². The van der Waals surface area contributed by atoms with Gasteiger partial charge in [-0.15, -0.1) is 0 Å². The van der Waals surface area contributed by atoms with E-state index in [1.165, 1.54) is 18.2 Å². The van der Waals surface area contributed by atoms with Crippen LogP contribution in [0.2, 0.25) is 0 Å². The molecule has 0 radical (unpaired) electrons. The fourth-order valence-electron chi connectivity index (χ4n) is 2.09. The standard InChI is InChI=1S/C12H13FN2O3/c1-18-12(17)10-3-2-4-15(10)11(16)8-5-9(13)7-14-6-8/h5-7,10H,2-4H2,1H3. The number of aromatic nitrogens is 1. The highest BCUT2D eigenvalue weighted by Gasteiger charge is 2.35. The molecule has 1 aromatic rings. The van der Waals surface area contributed by atoms with E-state index in [1.807, 2.05) is 0 Å². The molecule has 1 saturated heterocycles. The van der Waals surface area contributed by atoms with E-state index < -0.39 is 23.7 Å². The molecule has 0 aromatic carbocycles. The van der Waals surface area contributed by atoms with Crippen molar-refractivity contribution in [3.63, 3.8) is 0 Å². The Hall–Kier alpha value is -1.98. The number of carbonyl (C=O) groups is 2. The highest BCUT2D eigenvalue weighted by molar-refractivity contribution is 5.96. The summed E-state index contributed by atoms with van der Waals surface area (Å²) in [4.78, 5) is 28.7. The second-order valence-electron chi connectivity index (χ2n) is 4.07. The Bertz CT molecular complexity index is 478. The van der Waals surface area contributed by atoms with Crippen molar-refractivity contribution >= 4 is 11.9 Å². The lowest BCUT2D eigenvalue weighted by Gasteiger charge is -2.22. The molecule has 18 heavy (non-hydrogen) atoms. The van der Waals surface area contributed by atoms with Gasteiger partial charge >= 0.3 is 5.97 Å². The maximum Gasteiger partial charge on any atom is 0.328 e. The first kappa shape index (κ1) is 12.5. The van der Waals surface area contributed by atoms with Crippen molar-refractivity contribution in [2.45, 2.75) is 18.9 Å². The molecule has 2 heterocycles. The summed E-state index contributed by atoms with van der Waals surface area (Å²) < 4.78 is 17.7. The smallest absolute Gasteiger partial charge is 0.328 e. The number of hydrogen-bond donors (Lipinski definition) is 0. The Morgan fingerprint density at radius 2 is 2.28 bits per heavy atom. The van der Waals surface area contributed by atoms with Gasteiger partial charge < -0.3 is 9.64 Å². The Kier molecular flexibility index (Phi) is 3.55. The topological polar surface area (TPSA) is 59.5 Å². The van der Waals surface area contributed by atoms with E-state index in [4.69, 9.17) is 0 Å². The van der Waals surface area contributed by atoms with Crippen LogP contribution in [0.4, 0.5) is 4.39 Å². The molecule has 0 N–H and O–H groups in total. The first-order valence-electron chi connectivity index (χ1n) is 5.63.